The van der Waals surface area contributed by atoms with Gasteiger partial charge in [-0.15, -0.1) is 0 Å². The Kier molecular flexibility index (Phi) is 5.06. The number of carbonyl (C=O) groups excluding carboxylic acids is 2. The minimum absolute atomic E-state index is 0.0236. The van der Waals surface area contributed by atoms with Gasteiger partial charge in [0.25, 0.3) is 11.8 Å². The van der Waals surface area contributed by atoms with Crippen molar-refractivity contribution in [3.8, 4) is 0 Å². The Morgan fingerprint density at radius 1 is 0.870 bits per heavy atom. The molecule has 0 aliphatic carbocycles. The first-order chi connectivity index (χ1) is 10.8. The molecule has 0 fully saturated rings. The zero-order chi connectivity index (χ0) is 17.0. The molecule has 4 nitrogen and oxygen atoms in total. The van der Waals surface area contributed by atoms with Gasteiger partial charge in [-0.1, -0.05) is 50.6 Å². The van der Waals surface area contributed by atoms with Crippen molar-refractivity contribution >= 4 is 23.4 Å². The molecule has 0 spiro atoms. The van der Waals surface area contributed by atoms with Gasteiger partial charge in [0.1, 0.15) is 0 Å². The summed E-state index contributed by atoms with van der Waals surface area (Å²) in [5, 5.41) is 0.460. The van der Waals surface area contributed by atoms with Crippen molar-refractivity contribution in [1.82, 2.24) is 10.9 Å². The van der Waals surface area contributed by atoms with Crippen LogP contribution in [-0.2, 0) is 5.41 Å². The Morgan fingerprint density at radius 2 is 1.43 bits per heavy atom. The summed E-state index contributed by atoms with van der Waals surface area (Å²) < 4.78 is 0. The molecule has 0 aliphatic rings. The molecule has 5 heteroatoms. The van der Waals surface area contributed by atoms with Crippen molar-refractivity contribution in [2.45, 2.75) is 26.2 Å². The lowest BCUT2D eigenvalue weighted by molar-refractivity contribution is 0.0846. The minimum atomic E-state index is -0.424. The quantitative estimate of drug-likeness (QED) is 0.825. The van der Waals surface area contributed by atoms with E-state index >= 15 is 0 Å². The van der Waals surface area contributed by atoms with Crippen LogP contribution in [0.3, 0.4) is 0 Å². The van der Waals surface area contributed by atoms with Gasteiger partial charge in [0.15, 0.2) is 0 Å². The van der Waals surface area contributed by atoms with Crippen LogP contribution < -0.4 is 10.9 Å². The lowest BCUT2D eigenvalue weighted by atomic mass is 9.87. The van der Waals surface area contributed by atoms with Gasteiger partial charge < -0.3 is 0 Å². The number of rotatable bonds is 2. The van der Waals surface area contributed by atoms with E-state index in [4.69, 9.17) is 11.6 Å². The molecular formula is C18H19ClN2O2. The van der Waals surface area contributed by atoms with Crippen LogP contribution in [0.4, 0.5) is 0 Å². The minimum Gasteiger partial charge on any atom is -0.267 e. The molecule has 2 N–H and O–H groups in total. The summed E-state index contributed by atoms with van der Waals surface area (Å²) in [4.78, 5) is 24.0. The molecule has 0 saturated heterocycles. The molecule has 2 rings (SSSR count). The fraction of sp³-hybridized carbons (Fsp3) is 0.222. The van der Waals surface area contributed by atoms with E-state index in [9.17, 15) is 9.59 Å². The van der Waals surface area contributed by atoms with Crippen molar-refractivity contribution < 1.29 is 9.59 Å². The van der Waals surface area contributed by atoms with Gasteiger partial charge in [-0.05, 0) is 41.3 Å². The Hall–Kier alpha value is -2.33. The van der Waals surface area contributed by atoms with E-state index in [1.165, 1.54) is 6.07 Å². The highest BCUT2D eigenvalue weighted by Crippen LogP contribution is 2.22. The lowest BCUT2D eigenvalue weighted by Gasteiger charge is -2.19. The third-order valence-corrected chi connectivity index (χ3v) is 3.62. The molecule has 120 valence electrons. The van der Waals surface area contributed by atoms with E-state index in [2.05, 4.69) is 31.6 Å². The molecule has 0 aliphatic heterocycles. The second kappa shape index (κ2) is 6.84. The molecule has 0 bridgehead atoms. The highest BCUT2D eigenvalue weighted by Gasteiger charge is 2.14. The zero-order valence-electron chi connectivity index (χ0n) is 13.3. The first-order valence-corrected chi connectivity index (χ1v) is 7.62. The smallest absolute Gasteiger partial charge is 0.267 e. The van der Waals surface area contributed by atoms with Gasteiger partial charge in [0, 0.05) is 16.1 Å². The summed E-state index contributed by atoms with van der Waals surface area (Å²) in [6, 6.07) is 13.8. The molecule has 0 aromatic heterocycles. The van der Waals surface area contributed by atoms with Crippen LogP contribution in [0.2, 0.25) is 5.02 Å². The molecule has 23 heavy (non-hydrogen) atoms. The summed E-state index contributed by atoms with van der Waals surface area (Å²) in [6.07, 6.45) is 0. The van der Waals surface area contributed by atoms with Crippen molar-refractivity contribution in [3.05, 3.63) is 70.2 Å². The summed E-state index contributed by atoms with van der Waals surface area (Å²) in [7, 11) is 0. The Bertz CT molecular complexity index is 719. The molecule has 0 saturated carbocycles. The molecule has 2 amide bonds. The highest BCUT2D eigenvalue weighted by atomic mass is 35.5. The molecule has 0 atom stereocenters. The maximum Gasteiger partial charge on any atom is 0.269 e. The van der Waals surface area contributed by atoms with Crippen LogP contribution in [0.15, 0.2) is 48.5 Å². The topological polar surface area (TPSA) is 58.2 Å². The van der Waals surface area contributed by atoms with Crippen LogP contribution in [0.5, 0.6) is 0 Å². The van der Waals surface area contributed by atoms with Gasteiger partial charge in [-0.2, -0.15) is 0 Å². The predicted octanol–water partition coefficient (Wildman–Crippen LogP) is 3.71. The van der Waals surface area contributed by atoms with Crippen LogP contribution in [0.25, 0.3) is 0 Å². The Labute approximate surface area is 140 Å². The monoisotopic (exact) mass is 330 g/mol. The lowest BCUT2D eigenvalue weighted by Crippen LogP contribution is -2.41. The molecule has 0 heterocycles. The van der Waals surface area contributed by atoms with E-state index in [0.717, 1.165) is 5.56 Å². The Morgan fingerprint density at radius 3 is 1.96 bits per heavy atom. The number of benzene rings is 2. The average Bonchev–Trinajstić information content (AvgIpc) is 2.51. The first kappa shape index (κ1) is 17.0. The van der Waals surface area contributed by atoms with Crippen LogP contribution in [-0.4, -0.2) is 11.8 Å². The van der Waals surface area contributed by atoms with E-state index < -0.39 is 5.91 Å². The number of carbonyl (C=O) groups is 2. The van der Waals surface area contributed by atoms with Crippen LogP contribution in [0.1, 0.15) is 47.1 Å². The van der Waals surface area contributed by atoms with Crippen molar-refractivity contribution in [2.24, 2.45) is 0 Å². The third kappa shape index (κ3) is 4.57. The first-order valence-electron chi connectivity index (χ1n) is 7.24. The predicted molar refractivity (Wildman–Crippen MR) is 91.5 cm³/mol. The molecule has 2 aromatic carbocycles. The number of hydrazine groups is 1. The fourth-order valence-electron chi connectivity index (χ4n) is 2.01. The van der Waals surface area contributed by atoms with Gasteiger partial charge in [0.2, 0.25) is 0 Å². The normalized spacial score (nSPS) is 11.0. The third-order valence-electron chi connectivity index (χ3n) is 3.39. The van der Waals surface area contributed by atoms with Crippen LogP contribution in [0, 0.1) is 0 Å². The molecule has 2 aromatic rings. The van der Waals surface area contributed by atoms with Gasteiger partial charge in [-0.25, -0.2) is 0 Å². The maximum absolute atomic E-state index is 12.1. The fourth-order valence-corrected chi connectivity index (χ4v) is 2.20. The number of nitrogens with one attached hydrogen (secondary N) is 2. The molecular weight excluding hydrogens is 312 g/mol. The van der Waals surface area contributed by atoms with Crippen molar-refractivity contribution in [2.75, 3.05) is 0 Å². The van der Waals surface area contributed by atoms with E-state index in [0.29, 0.717) is 16.1 Å². The van der Waals surface area contributed by atoms with Crippen molar-refractivity contribution in [1.29, 1.82) is 0 Å². The number of amides is 2. The van der Waals surface area contributed by atoms with Gasteiger partial charge in [-0.3, -0.25) is 20.4 Å². The summed E-state index contributed by atoms with van der Waals surface area (Å²) in [6.45, 7) is 6.31. The van der Waals surface area contributed by atoms with E-state index in [1.807, 2.05) is 12.1 Å². The maximum atomic E-state index is 12.1. The SMILES string of the molecule is CC(C)(C)c1ccc(C(=O)NNC(=O)c2cccc(Cl)c2)cc1. The Balaban J connectivity index is 1.98. The standard InChI is InChI=1S/C18H19ClN2O2/c1-18(2,3)14-9-7-12(8-10-14)16(22)20-21-17(23)13-5-4-6-15(19)11-13/h4-11H,1-3H3,(H,20,22)(H,21,23). The van der Waals surface area contributed by atoms with Crippen molar-refractivity contribution in [3.63, 3.8) is 0 Å². The van der Waals surface area contributed by atoms with Gasteiger partial charge in [0.05, 0.1) is 0 Å². The second-order valence-corrected chi connectivity index (χ2v) is 6.68. The molecule has 0 unspecified atom stereocenters. The van der Waals surface area contributed by atoms with E-state index in [1.54, 1.807) is 30.3 Å². The summed E-state index contributed by atoms with van der Waals surface area (Å²) in [5.41, 5.74) is 6.78. The molecule has 0 radical (unpaired) electrons. The second-order valence-electron chi connectivity index (χ2n) is 6.25. The zero-order valence-corrected chi connectivity index (χ0v) is 14.1. The van der Waals surface area contributed by atoms with Crippen LogP contribution >= 0.6 is 11.6 Å². The van der Waals surface area contributed by atoms with E-state index in [-0.39, 0.29) is 11.3 Å². The largest absolute Gasteiger partial charge is 0.269 e. The number of halogens is 1. The number of hydrogen-bond donors (Lipinski definition) is 2. The summed E-state index contributed by atoms with van der Waals surface area (Å²) >= 11 is 5.83. The number of hydrogen-bond acceptors (Lipinski definition) is 2. The highest BCUT2D eigenvalue weighted by molar-refractivity contribution is 6.30. The average molecular weight is 331 g/mol. The van der Waals surface area contributed by atoms with Gasteiger partial charge >= 0.3 is 0 Å². The summed E-state index contributed by atoms with van der Waals surface area (Å²) in [5.74, 6) is -0.798.